The monoisotopic (exact) mass is 448 g/mol. The van der Waals surface area contributed by atoms with Gasteiger partial charge in [0.05, 0.1) is 5.02 Å². The minimum atomic E-state index is -1.24. The molecule has 3 rings (SSSR count). The minimum Gasteiger partial charge on any atom is -0.443 e. The molecule has 1 atom stereocenters. The van der Waals surface area contributed by atoms with Gasteiger partial charge in [0, 0.05) is 16.3 Å². The summed E-state index contributed by atoms with van der Waals surface area (Å²) >= 11 is 18.0. The maximum Gasteiger partial charge on any atom is 0.359 e. The van der Waals surface area contributed by atoms with Crippen LogP contribution in [0.25, 0.3) is 0 Å². The molecule has 0 saturated heterocycles. The Morgan fingerprint density at radius 2 is 1.69 bits per heavy atom. The third-order valence-corrected chi connectivity index (χ3v) is 4.93. The van der Waals surface area contributed by atoms with E-state index in [0.717, 1.165) is 5.56 Å². The molecule has 0 radical (unpaired) electrons. The van der Waals surface area contributed by atoms with Crippen molar-refractivity contribution < 1.29 is 14.3 Å². The first-order valence-corrected chi connectivity index (χ1v) is 9.63. The molecule has 1 N–H and O–H groups in total. The van der Waals surface area contributed by atoms with Gasteiger partial charge in [-0.15, -0.1) is 0 Å². The number of benzene rings is 2. The first-order valence-electron chi connectivity index (χ1n) is 8.50. The zero-order valence-electron chi connectivity index (χ0n) is 15.2. The quantitative estimate of drug-likeness (QED) is 0.390. The van der Waals surface area contributed by atoms with Crippen molar-refractivity contribution in [3.63, 3.8) is 0 Å². The molecule has 29 heavy (non-hydrogen) atoms. The largest absolute Gasteiger partial charge is 0.443 e. The van der Waals surface area contributed by atoms with Crippen LogP contribution in [0.4, 0.5) is 5.69 Å². The number of carbonyl (C=O) groups is 2. The molecule has 8 heteroatoms. The number of anilines is 1. The highest BCUT2D eigenvalue weighted by Gasteiger charge is 2.27. The van der Waals surface area contributed by atoms with E-state index in [2.05, 4.69) is 10.3 Å². The van der Waals surface area contributed by atoms with Gasteiger partial charge in [-0.25, -0.2) is 9.78 Å². The lowest BCUT2D eigenvalue weighted by atomic mass is 10.1. The summed E-state index contributed by atoms with van der Waals surface area (Å²) in [5, 5.41) is 3.36. The number of aryl methyl sites for hydroxylation is 1. The number of amides is 1. The Morgan fingerprint density at radius 1 is 0.966 bits per heavy atom. The molecule has 1 aromatic heterocycles. The number of hydrogen-bond acceptors (Lipinski definition) is 4. The number of rotatable bonds is 5. The molecule has 0 bridgehead atoms. The van der Waals surface area contributed by atoms with E-state index in [1.807, 2.05) is 6.92 Å². The number of aromatic nitrogens is 1. The standard InChI is InChI=1S/C21H15Cl3N2O3/c1-12-7-8-14(11-16(12)23)25-20(27)19(13-5-3-2-4-6-13)29-21(28)18-15(22)9-10-17(24)26-18/h2-11,19H,1H3,(H,25,27). The van der Waals surface area contributed by atoms with Crippen molar-refractivity contribution >= 4 is 52.4 Å². The molecule has 0 aliphatic heterocycles. The Bertz CT molecular complexity index is 1060. The highest BCUT2D eigenvalue weighted by Crippen LogP contribution is 2.26. The van der Waals surface area contributed by atoms with Gasteiger partial charge in [-0.3, -0.25) is 4.79 Å². The molecule has 2 aromatic carbocycles. The van der Waals surface area contributed by atoms with Crippen molar-refractivity contribution in [1.29, 1.82) is 0 Å². The summed E-state index contributed by atoms with van der Waals surface area (Å²) in [5.41, 5.74) is 1.65. The zero-order valence-corrected chi connectivity index (χ0v) is 17.4. The van der Waals surface area contributed by atoms with Crippen molar-refractivity contribution in [3.05, 3.63) is 92.7 Å². The van der Waals surface area contributed by atoms with Gasteiger partial charge in [0.2, 0.25) is 6.10 Å². The second kappa shape index (κ2) is 9.27. The van der Waals surface area contributed by atoms with Crippen molar-refractivity contribution in [1.82, 2.24) is 4.98 Å². The van der Waals surface area contributed by atoms with Crippen LogP contribution >= 0.6 is 34.8 Å². The van der Waals surface area contributed by atoms with Crippen LogP contribution < -0.4 is 5.32 Å². The first kappa shape index (κ1) is 21.1. The minimum absolute atomic E-state index is 0.0666. The maximum absolute atomic E-state index is 12.9. The fourth-order valence-electron chi connectivity index (χ4n) is 2.50. The van der Waals surface area contributed by atoms with E-state index in [0.29, 0.717) is 16.3 Å². The number of ether oxygens (including phenoxy) is 1. The molecule has 1 amide bonds. The molecule has 3 aromatic rings. The van der Waals surface area contributed by atoms with Crippen LogP contribution in [0, 0.1) is 6.92 Å². The summed E-state index contributed by atoms with van der Waals surface area (Å²) < 4.78 is 5.46. The number of nitrogens with one attached hydrogen (secondary N) is 1. The number of esters is 1. The van der Waals surface area contributed by atoms with E-state index >= 15 is 0 Å². The second-order valence-electron chi connectivity index (χ2n) is 6.11. The first-order chi connectivity index (χ1) is 13.8. The normalized spacial score (nSPS) is 11.6. The predicted octanol–water partition coefficient (Wildman–Crippen LogP) is 5.89. The highest BCUT2D eigenvalue weighted by molar-refractivity contribution is 6.34. The topological polar surface area (TPSA) is 68.3 Å². The molecule has 5 nitrogen and oxygen atoms in total. The van der Waals surface area contributed by atoms with Gasteiger partial charge in [0.1, 0.15) is 5.15 Å². The number of halogens is 3. The summed E-state index contributed by atoms with van der Waals surface area (Å²) in [5.74, 6) is -1.42. The van der Waals surface area contributed by atoms with E-state index in [-0.39, 0.29) is 15.9 Å². The third-order valence-electron chi connectivity index (χ3n) is 4.01. The van der Waals surface area contributed by atoms with Gasteiger partial charge in [-0.2, -0.15) is 0 Å². The molecule has 0 saturated carbocycles. The van der Waals surface area contributed by atoms with Gasteiger partial charge in [0.15, 0.2) is 5.69 Å². The van der Waals surface area contributed by atoms with E-state index in [1.54, 1.807) is 48.5 Å². The lowest BCUT2D eigenvalue weighted by Gasteiger charge is -2.18. The average Bonchev–Trinajstić information content (AvgIpc) is 2.71. The van der Waals surface area contributed by atoms with Gasteiger partial charge in [0.25, 0.3) is 5.91 Å². The van der Waals surface area contributed by atoms with E-state index in [1.165, 1.54) is 12.1 Å². The summed E-state index contributed by atoms with van der Waals surface area (Å²) in [6.07, 6.45) is -1.24. The van der Waals surface area contributed by atoms with Crippen molar-refractivity contribution in [2.24, 2.45) is 0 Å². The number of pyridine rings is 1. The average molecular weight is 450 g/mol. The van der Waals surface area contributed by atoms with E-state index in [9.17, 15) is 9.59 Å². The van der Waals surface area contributed by atoms with Crippen LogP contribution in [0.15, 0.2) is 60.7 Å². The van der Waals surface area contributed by atoms with E-state index < -0.39 is 18.0 Å². The van der Waals surface area contributed by atoms with Crippen LogP contribution in [0.2, 0.25) is 15.2 Å². The molecule has 148 valence electrons. The Kier molecular flexibility index (Phi) is 6.75. The predicted molar refractivity (Wildman–Crippen MR) is 114 cm³/mol. The summed E-state index contributed by atoms with van der Waals surface area (Å²) in [4.78, 5) is 29.4. The van der Waals surface area contributed by atoms with Gasteiger partial charge < -0.3 is 10.1 Å². The molecular formula is C21H15Cl3N2O3. The van der Waals surface area contributed by atoms with Crippen LogP contribution in [0.1, 0.15) is 27.7 Å². The fraction of sp³-hybridized carbons (Fsp3) is 0.0952. The smallest absolute Gasteiger partial charge is 0.359 e. The SMILES string of the molecule is Cc1ccc(NC(=O)C(OC(=O)c2nc(Cl)ccc2Cl)c2ccccc2)cc1Cl. The second-order valence-corrected chi connectivity index (χ2v) is 7.32. The number of carbonyl (C=O) groups excluding carboxylic acids is 2. The molecule has 0 fully saturated rings. The van der Waals surface area contributed by atoms with Crippen molar-refractivity contribution in [2.75, 3.05) is 5.32 Å². The number of hydrogen-bond donors (Lipinski definition) is 1. The van der Waals surface area contributed by atoms with E-state index in [4.69, 9.17) is 39.5 Å². The van der Waals surface area contributed by atoms with Crippen LogP contribution in [-0.4, -0.2) is 16.9 Å². The molecule has 0 aliphatic rings. The van der Waals surface area contributed by atoms with Gasteiger partial charge in [-0.05, 0) is 36.8 Å². The molecular weight excluding hydrogens is 435 g/mol. The Balaban J connectivity index is 1.88. The molecule has 1 heterocycles. The van der Waals surface area contributed by atoms with Crippen molar-refractivity contribution in [3.8, 4) is 0 Å². The van der Waals surface area contributed by atoms with Gasteiger partial charge >= 0.3 is 5.97 Å². The van der Waals surface area contributed by atoms with Crippen LogP contribution in [-0.2, 0) is 9.53 Å². The highest BCUT2D eigenvalue weighted by atomic mass is 35.5. The van der Waals surface area contributed by atoms with Crippen LogP contribution in [0.5, 0.6) is 0 Å². The van der Waals surface area contributed by atoms with Crippen molar-refractivity contribution in [2.45, 2.75) is 13.0 Å². The Labute approximate surface area is 182 Å². The van der Waals surface area contributed by atoms with Crippen LogP contribution in [0.3, 0.4) is 0 Å². The fourth-order valence-corrected chi connectivity index (χ4v) is 3.01. The summed E-state index contributed by atoms with van der Waals surface area (Å²) in [7, 11) is 0. The number of nitrogens with zero attached hydrogens (tertiary/aromatic N) is 1. The van der Waals surface area contributed by atoms with Gasteiger partial charge in [-0.1, -0.05) is 71.2 Å². The Hall–Kier alpha value is -2.60. The lowest BCUT2D eigenvalue weighted by Crippen LogP contribution is -2.26. The zero-order chi connectivity index (χ0) is 21.0. The summed E-state index contributed by atoms with van der Waals surface area (Å²) in [6.45, 7) is 1.85. The lowest BCUT2D eigenvalue weighted by molar-refractivity contribution is -0.125. The molecule has 0 aliphatic carbocycles. The maximum atomic E-state index is 12.9. The molecule has 1 unspecified atom stereocenters. The summed E-state index contributed by atoms with van der Waals surface area (Å²) in [6, 6.07) is 16.6. The molecule has 0 spiro atoms. The Morgan fingerprint density at radius 3 is 2.38 bits per heavy atom. The third kappa shape index (κ3) is 5.26.